The second-order valence-corrected chi connectivity index (χ2v) is 9.74. The van der Waals surface area contributed by atoms with Gasteiger partial charge in [0.05, 0.1) is 17.4 Å². The van der Waals surface area contributed by atoms with Gasteiger partial charge in [-0.05, 0) is 72.2 Å². The van der Waals surface area contributed by atoms with Crippen LogP contribution in [0, 0.1) is 11.7 Å². The first-order valence-electron chi connectivity index (χ1n) is 12.3. The Hall–Kier alpha value is -4.07. The van der Waals surface area contributed by atoms with E-state index in [4.69, 9.17) is 5.73 Å². The van der Waals surface area contributed by atoms with E-state index in [9.17, 15) is 9.18 Å². The molecule has 1 saturated heterocycles. The fourth-order valence-electron chi connectivity index (χ4n) is 5.43. The topological polar surface area (TPSA) is 88.9 Å². The number of nitrogens with two attached hydrogens (primary N) is 1. The molecule has 182 valence electrons. The number of halogens is 1. The molecule has 0 radical (unpaired) electrons. The van der Waals surface area contributed by atoms with Crippen molar-refractivity contribution in [2.24, 2.45) is 28.7 Å². The van der Waals surface area contributed by atoms with E-state index >= 15 is 0 Å². The molecule has 1 aromatic heterocycles. The zero-order valence-electron chi connectivity index (χ0n) is 20.1. The molecular formula is C28H27FN6O. The lowest BCUT2D eigenvalue weighted by Gasteiger charge is -2.33. The molecule has 2 N–H and O–H groups in total. The lowest BCUT2D eigenvalue weighted by atomic mass is 9.90. The molecule has 1 amide bonds. The third kappa shape index (κ3) is 4.12. The average Bonchev–Trinajstić information content (AvgIpc) is 3.45. The monoisotopic (exact) mass is 482 g/mol. The summed E-state index contributed by atoms with van der Waals surface area (Å²) in [5, 5.41) is 5.42. The van der Waals surface area contributed by atoms with Crippen molar-refractivity contribution in [2.45, 2.75) is 25.3 Å². The van der Waals surface area contributed by atoms with Crippen molar-refractivity contribution in [3.8, 4) is 0 Å². The van der Waals surface area contributed by atoms with E-state index in [-0.39, 0.29) is 23.7 Å². The Morgan fingerprint density at radius 1 is 1.22 bits per heavy atom. The van der Waals surface area contributed by atoms with Crippen LogP contribution in [0.1, 0.15) is 34.3 Å². The zero-order valence-corrected chi connectivity index (χ0v) is 20.1. The minimum Gasteiger partial charge on any atom is -0.368 e. The van der Waals surface area contributed by atoms with Gasteiger partial charge in [-0.25, -0.2) is 14.4 Å². The summed E-state index contributed by atoms with van der Waals surface area (Å²) in [6.07, 6.45) is 10.7. The van der Waals surface area contributed by atoms with Crippen molar-refractivity contribution >= 4 is 34.1 Å². The lowest BCUT2D eigenvalue weighted by Crippen LogP contribution is -2.40. The molecule has 0 bridgehead atoms. The van der Waals surface area contributed by atoms with Gasteiger partial charge in [0.2, 0.25) is 5.96 Å². The van der Waals surface area contributed by atoms with Crippen LogP contribution in [0.5, 0.6) is 0 Å². The summed E-state index contributed by atoms with van der Waals surface area (Å²) in [6.45, 7) is 1.42. The van der Waals surface area contributed by atoms with Gasteiger partial charge in [-0.3, -0.25) is 9.48 Å². The summed E-state index contributed by atoms with van der Waals surface area (Å²) < 4.78 is 15.1. The Morgan fingerprint density at radius 3 is 2.89 bits per heavy atom. The van der Waals surface area contributed by atoms with Crippen LogP contribution < -0.4 is 5.73 Å². The highest BCUT2D eigenvalue weighted by Gasteiger charge is 2.27. The van der Waals surface area contributed by atoms with E-state index < -0.39 is 0 Å². The Labute approximate surface area is 208 Å². The van der Waals surface area contributed by atoms with Crippen LogP contribution in [0.25, 0.3) is 16.5 Å². The molecule has 0 spiro atoms. The fraction of sp³-hybridized carbons (Fsp3) is 0.286. The molecule has 2 aliphatic heterocycles. The van der Waals surface area contributed by atoms with Crippen molar-refractivity contribution < 1.29 is 9.18 Å². The largest absolute Gasteiger partial charge is 0.368 e. The maximum absolute atomic E-state index is 13.7. The van der Waals surface area contributed by atoms with Crippen molar-refractivity contribution in [3.63, 3.8) is 0 Å². The number of likely N-dealkylation sites (tertiary alicyclic amines) is 1. The van der Waals surface area contributed by atoms with Crippen LogP contribution in [0.2, 0.25) is 0 Å². The smallest absolute Gasteiger partial charge is 0.253 e. The first kappa shape index (κ1) is 22.4. The molecule has 3 aromatic rings. The molecule has 0 saturated carbocycles. The number of rotatable bonds is 4. The van der Waals surface area contributed by atoms with E-state index in [1.165, 1.54) is 12.1 Å². The quantitative estimate of drug-likeness (QED) is 0.612. The molecule has 7 nitrogen and oxygen atoms in total. The Morgan fingerprint density at radius 2 is 2.06 bits per heavy atom. The molecule has 1 aliphatic carbocycles. The highest BCUT2D eigenvalue weighted by atomic mass is 19.1. The van der Waals surface area contributed by atoms with Crippen molar-refractivity contribution in [2.75, 3.05) is 13.1 Å². The second-order valence-electron chi connectivity index (χ2n) is 9.74. The predicted octanol–water partition coefficient (Wildman–Crippen LogP) is 3.90. The van der Waals surface area contributed by atoms with Crippen molar-refractivity contribution in [1.29, 1.82) is 0 Å². The zero-order chi connectivity index (χ0) is 24.8. The maximum Gasteiger partial charge on any atom is 0.253 e. The normalized spacial score (nSPS) is 21.3. The molecule has 6 rings (SSSR count). The number of nitrogens with zero attached hydrogens (tertiary/aromatic N) is 5. The van der Waals surface area contributed by atoms with E-state index in [0.717, 1.165) is 59.1 Å². The van der Waals surface area contributed by atoms with Crippen molar-refractivity contribution in [1.82, 2.24) is 14.7 Å². The number of hydrogen-bond donors (Lipinski definition) is 1. The molecular weight excluding hydrogens is 455 g/mol. The number of amides is 1. The Balaban J connectivity index is 1.29. The summed E-state index contributed by atoms with van der Waals surface area (Å²) in [5.74, 6) is 0.426. The summed E-state index contributed by atoms with van der Waals surface area (Å²) in [4.78, 5) is 24.4. The van der Waals surface area contributed by atoms with Gasteiger partial charge in [-0.2, -0.15) is 5.10 Å². The predicted molar refractivity (Wildman–Crippen MR) is 139 cm³/mol. The van der Waals surface area contributed by atoms with Crippen LogP contribution in [0.4, 0.5) is 4.39 Å². The fourth-order valence-corrected chi connectivity index (χ4v) is 5.43. The summed E-state index contributed by atoms with van der Waals surface area (Å²) in [5.41, 5.74) is 11.1. The van der Waals surface area contributed by atoms with E-state index in [2.05, 4.69) is 15.1 Å². The Kier molecular flexibility index (Phi) is 5.51. The number of aliphatic imine (C=N–C) groups is 2. The van der Waals surface area contributed by atoms with Gasteiger partial charge in [-0.1, -0.05) is 24.3 Å². The summed E-state index contributed by atoms with van der Waals surface area (Å²) in [7, 11) is 1.89. The summed E-state index contributed by atoms with van der Waals surface area (Å²) >= 11 is 0. The van der Waals surface area contributed by atoms with Gasteiger partial charge >= 0.3 is 0 Å². The van der Waals surface area contributed by atoms with Crippen LogP contribution in [-0.2, 0) is 13.5 Å². The molecule has 3 heterocycles. The van der Waals surface area contributed by atoms with Crippen LogP contribution in [0.15, 0.2) is 70.8 Å². The van der Waals surface area contributed by atoms with Gasteiger partial charge in [0.15, 0.2) is 0 Å². The average molecular weight is 483 g/mol. The number of aryl methyl sites for hydroxylation is 1. The maximum atomic E-state index is 13.7. The van der Waals surface area contributed by atoms with Gasteiger partial charge in [0.25, 0.3) is 5.91 Å². The number of carbonyl (C=O) groups is 1. The van der Waals surface area contributed by atoms with Gasteiger partial charge < -0.3 is 10.6 Å². The summed E-state index contributed by atoms with van der Waals surface area (Å²) in [6, 6.07) is 10.4. The third-order valence-electron chi connectivity index (χ3n) is 7.25. The third-order valence-corrected chi connectivity index (χ3v) is 7.25. The number of carbonyl (C=O) groups excluding carboxylic acids is 1. The van der Waals surface area contributed by atoms with Gasteiger partial charge in [-0.15, -0.1) is 0 Å². The highest BCUT2D eigenvalue weighted by molar-refractivity contribution is 6.17. The van der Waals surface area contributed by atoms with Gasteiger partial charge in [0, 0.05) is 31.1 Å². The van der Waals surface area contributed by atoms with E-state index in [0.29, 0.717) is 18.0 Å². The van der Waals surface area contributed by atoms with Crippen LogP contribution in [-0.4, -0.2) is 51.4 Å². The molecule has 2 unspecified atom stereocenters. The molecule has 3 aliphatic rings. The minimum atomic E-state index is -0.227. The highest BCUT2D eigenvalue weighted by Crippen LogP contribution is 2.32. The second kappa shape index (κ2) is 8.86. The minimum absolute atomic E-state index is 0.0206. The van der Waals surface area contributed by atoms with Crippen molar-refractivity contribution in [3.05, 3.63) is 83.3 Å². The lowest BCUT2D eigenvalue weighted by molar-refractivity contribution is 0.0673. The number of guanidine groups is 1. The molecule has 2 atom stereocenters. The SMILES string of the molecule is Cn1ncc2c(C3=CC4=NC(N)=NC4C=C3)cc(C(=O)N3CCCC(Cc4ccc(F)cc4)C3)cc21. The van der Waals surface area contributed by atoms with Crippen LogP contribution in [0.3, 0.4) is 0 Å². The first-order valence-corrected chi connectivity index (χ1v) is 12.3. The number of aromatic nitrogens is 2. The van der Waals surface area contributed by atoms with E-state index in [1.54, 1.807) is 4.68 Å². The Bertz CT molecular complexity index is 1480. The standard InChI is InChI=1S/C28H27FN6O/c1-34-26-14-20(27(36)35-10-2-3-18(16-35)11-17-4-7-21(29)8-5-17)12-22(23(26)15-31-34)19-6-9-24-25(13-19)33-28(30)32-24/h4-9,12-15,18,24H,2-3,10-11,16H2,1H3,(H2,30,32). The van der Waals surface area contributed by atoms with E-state index in [1.807, 2.05) is 60.6 Å². The molecule has 1 fully saturated rings. The number of allylic oxidation sites excluding steroid dienone is 2. The molecule has 36 heavy (non-hydrogen) atoms. The van der Waals surface area contributed by atoms with Crippen LogP contribution >= 0.6 is 0 Å². The molecule has 2 aromatic carbocycles. The van der Waals surface area contributed by atoms with Gasteiger partial charge in [0.1, 0.15) is 11.9 Å². The number of piperidine rings is 1. The number of fused-ring (bicyclic) bond motifs is 2. The number of benzene rings is 2. The number of hydrogen-bond acceptors (Lipinski definition) is 5. The first-order chi connectivity index (χ1) is 17.4. The molecule has 8 heteroatoms.